The molecular formula is C12H14N2O3. The van der Waals surface area contributed by atoms with Crippen LogP contribution in [0.4, 0.5) is 0 Å². The van der Waals surface area contributed by atoms with Crippen molar-refractivity contribution in [3.05, 3.63) is 40.5 Å². The van der Waals surface area contributed by atoms with Crippen molar-refractivity contribution in [2.75, 3.05) is 0 Å². The van der Waals surface area contributed by atoms with E-state index in [0.717, 1.165) is 22.7 Å². The molecule has 0 radical (unpaired) electrons. The van der Waals surface area contributed by atoms with Crippen LogP contribution >= 0.6 is 0 Å². The molecule has 1 N–H and O–H groups in total. The third kappa shape index (κ3) is 1.95. The second-order valence-corrected chi connectivity index (χ2v) is 4.05. The van der Waals surface area contributed by atoms with Gasteiger partial charge in [0.15, 0.2) is 0 Å². The van der Waals surface area contributed by atoms with Crippen molar-refractivity contribution in [2.24, 2.45) is 0 Å². The topological polar surface area (TPSA) is 68.3 Å². The lowest BCUT2D eigenvalue weighted by Gasteiger charge is -2.08. The molecule has 0 spiro atoms. The lowest BCUT2D eigenvalue weighted by atomic mass is 10.2. The zero-order valence-electron chi connectivity index (χ0n) is 10.0. The summed E-state index contributed by atoms with van der Waals surface area (Å²) in [4.78, 5) is 11.1. The fourth-order valence-electron chi connectivity index (χ4n) is 1.85. The van der Waals surface area contributed by atoms with Crippen LogP contribution in [0.5, 0.6) is 0 Å². The van der Waals surface area contributed by atoms with E-state index in [1.807, 2.05) is 20.8 Å². The average molecular weight is 234 g/mol. The summed E-state index contributed by atoms with van der Waals surface area (Å²) in [6.07, 6.45) is 0. The third-order valence-corrected chi connectivity index (χ3v) is 2.92. The minimum absolute atomic E-state index is 0.280. The first-order valence-corrected chi connectivity index (χ1v) is 5.32. The first-order valence-electron chi connectivity index (χ1n) is 5.32. The van der Waals surface area contributed by atoms with Gasteiger partial charge in [-0.1, -0.05) is 5.16 Å². The molecule has 0 aliphatic heterocycles. The molecule has 0 saturated heterocycles. The van der Waals surface area contributed by atoms with Gasteiger partial charge in [-0.25, -0.2) is 4.79 Å². The summed E-state index contributed by atoms with van der Waals surface area (Å²) >= 11 is 0. The molecule has 0 aliphatic carbocycles. The Labute approximate surface area is 98.7 Å². The molecule has 5 nitrogen and oxygen atoms in total. The van der Waals surface area contributed by atoms with Crippen molar-refractivity contribution >= 4 is 5.97 Å². The molecule has 0 amide bonds. The van der Waals surface area contributed by atoms with Gasteiger partial charge in [0.1, 0.15) is 11.5 Å². The number of aromatic carboxylic acids is 1. The highest BCUT2D eigenvalue weighted by Crippen LogP contribution is 2.17. The van der Waals surface area contributed by atoms with Crippen LogP contribution in [0, 0.1) is 20.8 Å². The summed E-state index contributed by atoms with van der Waals surface area (Å²) in [7, 11) is 0. The maximum absolute atomic E-state index is 11.1. The first-order chi connectivity index (χ1) is 8.00. The molecule has 0 aromatic carbocycles. The maximum atomic E-state index is 11.1. The molecular weight excluding hydrogens is 220 g/mol. The van der Waals surface area contributed by atoms with E-state index in [4.69, 9.17) is 9.63 Å². The number of carbonyl (C=O) groups is 1. The van der Waals surface area contributed by atoms with Crippen molar-refractivity contribution in [1.29, 1.82) is 0 Å². The van der Waals surface area contributed by atoms with Gasteiger partial charge in [0.25, 0.3) is 0 Å². The number of hydrogen-bond acceptors (Lipinski definition) is 3. The van der Waals surface area contributed by atoms with Crippen LogP contribution < -0.4 is 0 Å². The van der Waals surface area contributed by atoms with Crippen molar-refractivity contribution in [3.8, 4) is 0 Å². The number of rotatable bonds is 3. The lowest BCUT2D eigenvalue weighted by molar-refractivity contribution is 0.0685. The molecule has 90 valence electrons. The number of carboxylic acids is 1. The van der Waals surface area contributed by atoms with Gasteiger partial charge < -0.3 is 14.2 Å². The predicted molar refractivity (Wildman–Crippen MR) is 61.2 cm³/mol. The van der Waals surface area contributed by atoms with E-state index < -0.39 is 5.97 Å². The van der Waals surface area contributed by atoms with Gasteiger partial charge in [0, 0.05) is 11.3 Å². The van der Waals surface area contributed by atoms with Crippen molar-refractivity contribution < 1.29 is 14.4 Å². The van der Waals surface area contributed by atoms with E-state index in [2.05, 4.69) is 5.16 Å². The molecule has 0 bridgehead atoms. The minimum Gasteiger partial charge on any atom is -0.477 e. The van der Waals surface area contributed by atoms with E-state index in [9.17, 15) is 4.79 Å². The van der Waals surface area contributed by atoms with E-state index in [-0.39, 0.29) is 5.69 Å². The van der Waals surface area contributed by atoms with Crippen molar-refractivity contribution in [3.63, 3.8) is 0 Å². The van der Waals surface area contributed by atoms with Gasteiger partial charge >= 0.3 is 5.97 Å². The molecule has 5 heteroatoms. The summed E-state index contributed by atoms with van der Waals surface area (Å²) in [5.41, 5.74) is 2.92. The van der Waals surface area contributed by atoms with Crippen molar-refractivity contribution in [2.45, 2.75) is 27.3 Å². The summed E-state index contributed by atoms with van der Waals surface area (Å²) in [5.74, 6) is -0.197. The van der Waals surface area contributed by atoms with Crippen LogP contribution in [0.15, 0.2) is 16.7 Å². The van der Waals surface area contributed by atoms with Crippen molar-refractivity contribution in [1.82, 2.24) is 9.72 Å². The Morgan fingerprint density at radius 3 is 2.65 bits per heavy atom. The van der Waals surface area contributed by atoms with Crippen LogP contribution in [-0.4, -0.2) is 20.8 Å². The fourth-order valence-corrected chi connectivity index (χ4v) is 1.85. The Bertz CT molecular complexity index is 547. The molecule has 0 unspecified atom stereocenters. The van der Waals surface area contributed by atoms with Gasteiger partial charge in [-0.3, -0.25) is 0 Å². The molecule has 2 rings (SSSR count). The summed E-state index contributed by atoms with van der Waals surface area (Å²) in [5, 5.41) is 13.0. The Kier molecular flexibility index (Phi) is 2.75. The highest BCUT2D eigenvalue weighted by molar-refractivity contribution is 5.86. The summed E-state index contributed by atoms with van der Waals surface area (Å²) in [6, 6.07) is 3.40. The second kappa shape index (κ2) is 4.08. The fraction of sp³-hybridized carbons (Fsp3) is 0.333. The summed E-state index contributed by atoms with van der Waals surface area (Å²) < 4.78 is 6.82. The smallest absolute Gasteiger partial charge is 0.352 e. The Morgan fingerprint density at radius 2 is 2.12 bits per heavy atom. The monoisotopic (exact) mass is 234 g/mol. The average Bonchev–Trinajstić information content (AvgIpc) is 2.77. The predicted octanol–water partition coefficient (Wildman–Crippen LogP) is 2.15. The Hall–Kier alpha value is -2.04. The molecule has 2 heterocycles. The number of aromatic nitrogens is 2. The normalized spacial score (nSPS) is 10.8. The van der Waals surface area contributed by atoms with Crippen LogP contribution in [0.25, 0.3) is 0 Å². The quantitative estimate of drug-likeness (QED) is 0.883. The zero-order chi connectivity index (χ0) is 12.6. The first kappa shape index (κ1) is 11.4. The lowest BCUT2D eigenvalue weighted by Crippen LogP contribution is -2.11. The Balaban J connectivity index is 2.43. The molecule has 0 atom stereocenters. The highest BCUT2D eigenvalue weighted by atomic mass is 16.5. The second-order valence-electron chi connectivity index (χ2n) is 4.05. The van der Waals surface area contributed by atoms with Gasteiger partial charge in [-0.05, 0) is 32.9 Å². The number of nitrogens with zero attached hydrogens (tertiary/aromatic N) is 2. The van der Waals surface area contributed by atoms with E-state index in [0.29, 0.717) is 6.54 Å². The third-order valence-electron chi connectivity index (χ3n) is 2.92. The Morgan fingerprint density at radius 1 is 1.41 bits per heavy atom. The molecule has 2 aromatic rings. The van der Waals surface area contributed by atoms with Gasteiger partial charge in [-0.15, -0.1) is 0 Å². The van der Waals surface area contributed by atoms with Gasteiger partial charge in [0.05, 0.1) is 12.2 Å². The van der Waals surface area contributed by atoms with E-state index in [1.165, 1.54) is 0 Å². The van der Waals surface area contributed by atoms with E-state index >= 15 is 0 Å². The SMILES string of the molecule is Cc1noc(C)c1Cn1c(C)ccc1C(=O)O. The number of hydrogen-bond donors (Lipinski definition) is 1. The van der Waals surface area contributed by atoms with Crippen LogP contribution in [0.1, 0.15) is 33.2 Å². The number of carboxylic acid groups (broad SMARTS) is 1. The summed E-state index contributed by atoms with van der Waals surface area (Å²) in [6.45, 7) is 6.03. The van der Waals surface area contributed by atoms with Gasteiger partial charge in [-0.2, -0.15) is 0 Å². The van der Waals surface area contributed by atoms with Crippen LogP contribution in [-0.2, 0) is 6.54 Å². The standard InChI is InChI=1S/C12H14N2O3/c1-7-4-5-11(12(15)16)14(7)6-10-8(2)13-17-9(10)3/h4-5H,6H2,1-3H3,(H,15,16). The molecule has 0 fully saturated rings. The van der Waals surface area contributed by atoms with Crippen LogP contribution in [0.3, 0.4) is 0 Å². The van der Waals surface area contributed by atoms with E-state index in [1.54, 1.807) is 16.7 Å². The molecule has 2 aromatic heterocycles. The highest BCUT2D eigenvalue weighted by Gasteiger charge is 2.16. The van der Waals surface area contributed by atoms with Gasteiger partial charge in [0.2, 0.25) is 0 Å². The zero-order valence-corrected chi connectivity index (χ0v) is 10.0. The number of aryl methyl sites for hydroxylation is 3. The maximum Gasteiger partial charge on any atom is 0.352 e. The largest absolute Gasteiger partial charge is 0.477 e. The molecule has 17 heavy (non-hydrogen) atoms. The molecule has 0 aliphatic rings. The van der Waals surface area contributed by atoms with Crippen LogP contribution in [0.2, 0.25) is 0 Å². The minimum atomic E-state index is -0.926. The molecule has 0 saturated carbocycles.